The Morgan fingerprint density at radius 2 is 2.04 bits per heavy atom. The summed E-state index contributed by atoms with van der Waals surface area (Å²) in [5.74, 6) is 0.956. The molecule has 0 fully saturated rings. The van der Waals surface area contributed by atoms with Gasteiger partial charge in [-0.2, -0.15) is 4.98 Å². The molecule has 0 aliphatic rings. The van der Waals surface area contributed by atoms with Crippen molar-refractivity contribution in [3.8, 4) is 11.4 Å². The zero-order valence-corrected chi connectivity index (χ0v) is 15.3. The van der Waals surface area contributed by atoms with Gasteiger partial charge in [0.05, 0.1) is 0 Å². The number of nitrogens with zero attached hydrogens (tertiary/aromatic N) is 3. The number of aromatic nitrogens is 2. The molecule has 0 bridgehead atoms. The van der Waals surface area contributed by atoms with Crippen molar-refractivity contribution in [2.24, 2.45) is 0 Å². The number of carbonyl (C=O) groups is 1. The van der Waals surface area contributed by atoms with Crippen molar-refractivity contribution >= 4 is 6.03 Å². The van der Waals surface area contributed by atoms with Crippen LogP contribution in [-0.4, -0.2) is 32.7 Å². The minimum atomic E-state index is -0.300. The van der Waals surface area contributed by atoms with E-state index in [1.54, 1.807) is 4.90 Å². The van der Waals surface area contributed by atoms with Crippen molar-refractivity contribution < 1.29 is 9.32 Å². The lowest BCUT2D eigenvalue weighted by atomic mass is 10.1. The first-order chi connectivity index (χ1) is 11.2. The quantitative estimate of drug-likeness (QED) is 0.926. The molecule has 0 radical (unpaired) electrons. The lowest BCUT2D eigenvalue weighted by Crippen LogP contribution is -2.50. The van der Waals surface area contributed by atoms with Gasteiger partial charge in [0, 0.05) is 17.1 Å². The molecule has 0 atom stereocenters. The van der Waals surface area contributed by atoms with Crippen LogP contribution in [0.4, 0.5) is 4.79 Å². The van der Waals surface area contributed by atoms with Crippen LogP contribution in [0, 0.1) is 6.92 Å². The third-order valence-electron chi connectivity index (χ3n) is 3.42. The molecule has 2 rings (SSSR count). The molecule has 2 aromatic rings. The molecule has 6 heteroatoms. The molecule has 0 saturated carbocycles. The Morgan fingerprint density at radius 1 is 1.33 bits per heavy atom. The summed E-state index contributed by atoms with van der Waals surface area (Å²) < 4.78 is 5.34. The van der Waals surface area contributed by atoms with Gasteiger partial charge < -0.3 is 14.7 Å². The van der Waals surface area contributed by atoms with E-state index in [4.69, 9.17) is 4.52 Å². The highest BCUT2D eigenvalue weighted by Crippen LogP contribution is 2.18. The van der Waals surface area contributed by atoms with Gasteiger partial charge in [-0.1, -0.05) is 28.9 Å². The average molecular weight is 330 g/mol. The Kier molecular flexibility index (Phi) is 5.26. The monoisotopic (exact) mass is 330 g/mol. The molecule has 0 unspecified atom stereocenters. The summed E-state index contributed by atoms with van der Waals surface area (Å²) >= 11 is 0. The Labute approximate surface area is 143 Å². The lowest BCUT2D eigenvalue weighted by molar-refractivity contribution is 0.161. The summed E-state index contributed by atoms with van der Waals surface area (Å²) in [6.07, 6.45) is 0. The van der Waals surface area contributed by atoms with Gasteiger partial charge in [0.15, 0.2) is 0 Å². The highest BCUT2D eigenvalue weighted by Gasteiger charge is 2.24. The Balaban J connectivity index is 2.15. The van der Waals surface area contributed by atoms with E-state index < -0.39 is 0 Å². The highest BCUT2D eigenvalue weighted by molar-refractivity contribution is 5.75. The maximum Gasteiger partial charge on any atom is 0.318 e. The van der Waals surface area contributed by atoms with Crippen molar-refractivity contribution in [2.75, 3.05) is 0 Å². The van der Waals surface area contributed by atoms with E-state index >= 15 is 0 Å². The van der Waals surface area contributed by atoms with E-state index in [-0.39, 0.29) is 24.2 Å². The largest absolute Gasteiger partial charge is 0.337 e. The van der Waals surface area contributed by atoms with Crippen molar-refractivity contribution in [3.63, 3.8) is 0 Å². The molecule has 0 saturated heterocycles. The van der Waals surface area contributed by atoms with Crippen LogP contribution < -0.4 is 5.32 Å². The fourth-order valence-electron chi connectivity index (χ4n) is 2.25. The van der Waals surface area contributed by atoms with Crippen LogP contribution in [0.15, 0.2) is 28.8 Å². The second kappa shape index (κ2) is 7.03. The SMILES string of the molecule is Cc1cccc(-c2noc(CN(C(=O)NC(C)(C)C)C(C)C)n2)c1. The van der Waals surface area contributed by atoms with Gasteiger partial charge in [0.2, 0.25) is 11.7 Å². The zero-order valence-electron chi connectivity index (χ0n) is 15.3. The number of carbonyl (C=O) groups excluding carboxylic acids is 1. The summed E-state index contributed by atoms with van der Waals surface area (Å²) in [6, 6.07) is 7.78. The molecule has 0 aliphatic carbocycles. The fourth-order valence-corrected chi connectivity index (χ4v) is 2.25. The summed E-state index contributed by atoms with van der Waals surface area (Å²) in [6.45, 7) is 12.1. The number of urea groups is 1. The first-order valence-electron chi connectivity index (χ1n) is 8.14. The minimum Gasteiger partial charge on any atom is -0.337 e. The van der Waals surface area contributed by atoms with Crippen LogP contribution in [0.3, 0.4) is 0 Å². The van der Waals surface area contributed by atoms with E-state index in [2.05, 4.69) is 15.5 Å². The predicted molar refractivity (Wildman–Crippen MR) is 93.4 cm³/mol. The van der Waals surface area contributed by atoms with Crippen LogP contribution in [-0.2, 0) is 6.54 Å². The molecule has 1 heterocycles. The number of hydrogen-bond acceptors (Lipinski definition) is 4. The Bertz CT molecular complexity index is 701. The number of amides is 2. The fraction of sp³-hybridized carbons (Fsp3) is 0.500. The normalized spacial score (nSPS) is 11.6. The first-order valence-corrected chi connectivity index (χ1v) is 8.14. The Hall–Kier alpha value is -2.37. The van der Waals surface area contributed by atoms with Crippen LogP contribution >= 0.6 is 0 Å². The average Bonchev–Trinajstić information content (AvgIpc) is 2.91. The van der Waals surface area contributed by atoms with Gasteiger partial charge in [-0.3, -0.25) is 0 Å². The number of rotatable bonds is 4. The lowest BCUT2D eigenvalue weighted by Gasteiger charge is -2.30. The second-order valence-corrected chi connectivity index (χ2v) is 7.28. The summed E-state index contributed by atoms with van der Waals surface area (Å²) in [5.41, 5.74) is 1.73. The maximum absolute atomic E-state index is 12.5. The first kappa shape index (κ1) is 18.0. The number of aryl methyl sites for hydroxylation is 1. The molecule has 2 amide bonds. The highest BCUT2D eigenvalue weighted by atomic mass is 16.5. The summed E-state index contributed by atoms with van der Waals surface area (Å²) in [5, 5.41) is 6.99. The summed E-state index contributed by atoms with van der Waals surface area (Å²) in [4.78, 5) is 18.6. The minimum absolute atomic E-state index is 0.0154. The van der Waals surface area contributed by atoms with E-state index in [0.29, 0.717) is 11.7 Å². The topological polar surface area (TPSA) is 71.3 Å². The van der Waals surface area contributed by atoms with Crippen LogP contribution in [0.5, 0.6) is 0 Å². The molecule has 1 N–H and O–H groups in total. The maximum atomic E-state index is 12.5. The molecular weight excluding hydrogens is 304 g/mol. The number of benzene rings is 1. The number of nitrogens with one attached hydrogen (secondary N) is 1. The Morgan fingerprint density at radius 3 is 2.62 bits per heavy atom. The van der Waals surface area contributed by atoms with Crippen molar-refractivity contribution in [1.82, 2.24) is 20.4 Å². The molecule has 130 valence electrons. The van der Waals surface area contributed by atoms with E-state index in [9.17, 15) is 4.79 Å². The van der Waals surface area contributed by atoms with Gasteiger partial charge >= 0.3 is 6.03 Å². The number of hydrogen-bond donors (Lipinski definition) is 1. The van der Waals surface area contributed by atoms with Crippen LogP contribution in [0.25, 0.3) is 11.4 Å². The van der Waals surface area contributed by atoms with Gasteiger partial charge in [0.1, 0.15) is 6.54 Å². The zero-order chi connectivity index (χ0) is 17.9. The molecule has 1 aromatic carbocycles. The van der Waals surface area contributed by atoms with Crippen LogP contribution in [0.1, 0.15) is 46.1 Å². The van der Waals surface area contributed by atoms with Crippen molar-refractivity contribution in [3.05, 3.63) is 35.7 Å². The molecular formula is C18H26N4O2. The van der Waals surface area contributed by atoms with Crippen molar-refractivity contribution in [2.45, 2.75) is 59.7 Å². The smallest absolute Gasteiger partial charge is 0.318 e. The molecule has 6 nitrogen and oxygen atoms in total. The van der Waals surface area contributed by atoms with Crippen molar-refractivity contribution in [1.29, 1.82) is 0 Å². The van der Waals surface area contributed by atoms with Gasteiger partial charge in [-0.15, -0.1) is 0 Å². The second-order valence-electron chi connectivity index (χ2n) is 7.28. The van der Waals surface area contributed by atoms with Gasteiger partial charge in [0.25, 0.3) is 0 Å². The van der Waals surface area contributed by atoms with Crippen LogP contribution in [0.2, 0.25) is 0 Å². The molecule has 1 aromatic heterocycles. The third kappa shape index (κ3) is 4.81. The predicted octanol–water partition coefficient (Wildman–Crippen LogP) is 3.76. The molecule has 24 heavy (non-hydrogen) atoms. The summed E-state index contributed by atoms with van der Waals surface area (Å²) in [7, 11) is 0. The molecule has 0 spiro atoms. The van der Waals surface area contributed by atoms with Gasteiger partial charge in [-0.05, 0) is 47.6 Å². The van der Waals surface area contributed by atoms with E-state index in [1.165, 1.54) is 0 Å². The van der Waals surface area contributed by atoms with E-state index in [0.717, 1.165) is 11.1 Å². The molecule has 0 aliphatic heterocycles. The van der Waals surface area contributed by atoms with E-state index in [1.807, 2.05) is 65.8 Å². The van der Waals surface area contributed by atoms with Gasteiger partial charge in [-0.25, -0.2) is 4.79 Å². The third-order valence-corrected chi connectivity index (χ3v) is 3.42. The standard InChI is InChI=1S/C18H26N4O2/c1-12(2)22(17(23)20-18(4,5)6)11-15-19-16(21-24-15)14-9-7-8-13(3)10-14/h7-10,12H,11H2,1-6H3,(H,20,23).